The maximum absolute atomic E-state index is 12.2. The fraction of sp³-hybridized carbons (Fsp3) is 0.188. The van der Waals surface area contributed by atoms with E-state index in [1.807, 2.05) is 6.07 Å². The number of hydrogen-bond acceptors (Lipinski definition) is 3. The van der Waals surface area contributed by atoms with E-state index in [1.54, 1.807) is 48.5 Å². The zero-order valence-electron chi connectivity index (χ0n) is 11.2. The molecular formula is C16H14ClNO3. The Kier molecular flexibility index (Phi) is 5.06. The first-order valence-corrected chi connectivity index (χ1v) is 6.89. The van der Waals surface area contributed by atoms with Gasteiger partial charge in [0.1, 0.15) is 0 Å². The van der Waals surface area contributed by atoms with Crippen molar-refractivity contribution in [1.29, 1.82) is 0 Å². The molecule has 0 bridgehead atoms. The maximum atomic E-state index is 12.2. The quantitative estimate of drug-likeness (QED) is 0.461. The van der Waals surface area contributed by atoms with Gasteiger partial charge in [0.2, 0.25) is 6.54 Å². The van der Waals surface area contributed by atoms with Crippen molar-refractivity contribution < 1.29 is 9.72 Å². The zero-order valence-corrected chi connectivity index (χ0v) is 12.0. The van der Waals surface area contributed by atoms with Crippen LogP contribution in [0.5, 0.6) is 0 Å². The molecule has 2 aromatic rings. The average Bonchev–Trinajstić information content (AvgIpc) is 2.48. The summed E-state index contributed by atoms with van der Waals surface area (Å²) >= 11 is 5.82. The van der Waals surface area contributed by atoms with E-state index in [0.29, 0.717) is 10.6 Å². The van der Waals surface area contributed by atoms with Gasteiger partial charge in [0, 0.05) is 21.9 Å². The molecule has 1 atom stereocenters. The molecule has 0 fully saturated rings. The van der Waals surface area contributed by atoms with Crippen molar-refractivity contribution in [2.24, 2.45) is 0 Å². The first-order chi connectivity index (χ1) is 10.1. The fourth-order valence-corrected chi connectivity index (χ4v) is 2.29. The highest BCUT2D eigenvalue weighted by molar-refractivity contribution is 6.30. The summed E-state index contributed by atoms with van der Waals surface area (Å²) in [5, 5.41) is 11.4. The van der Waals surface area contributed by atoms with Gasteiger partial charge in [-0.2, -0.15) is 0 Å². The summed E-state index contributed by atoms with van der Waals surface area (Å²) in [7, 11) is 0. The Bertz CT molecular complexity index is 626. The van der Waals surface area contributed by atoms with Crippen LogP contribution in [0.15, 0.2) is 54.6 Å². The molecule has 0 aliphatic rings. The average molecular weight is 304 g/mol. The molecule has 0 amide bonds. The van der Waals surface area contributed by atoms with Gasteiger partial charge in [-0.15, -0.1) is 0 Å². The first-order valence-electron chi connectivity index (χ1n) is 6.52. The van der Waals surface area contributed by atoms with Crippen LogP contribution < -0.4 is 0 Å². The summed E-state index contributed by atoms with van der Waals surface area (Å²) in [6.45, 7) is -0.278. The van der Waals surface area contributed by atoms with Crippen LogP contribution >= 0.6 is 11.6 Å². The van der Waals surface area contributed by atoms with Crippen molar-refractivity contribution in [2.75, 3.05) is 6.54 Å². The third-order valence-electron chi connectivity index (χ3n) is 3.24. The molecule has 108 valence electrons. The van der Waals surface area contributed by atoms with Crippen molar-refractivity contribution in [1.82, 2.24) is 0 Å². The lowest BCUT2D eigenvalue weighted by Gasteiger charge is -2.12. The predicted octanol–water partition coefficient (Wildman–Crippen LogP) is 3.97. The lowest BCUT2D eigenvalue weighted by atomic mass is 9.91. The molecule has 4 nitrogen and oxygen atoms in total. The summed E-state index contributed by atoms with van der Waals surface area (Å²) in [6, 6.07) is 15.6. The molecule has 0 aliphatic heterocycles. The van der Waals surface area contributed by atoms with Crippen LogP contribution in [0.3, 0.4) is 0 Å². The molecule has 0 saturated heterocycles. The first kappa shape index (κ1) is 15.2. The van der Waals surface area contributed by atoms with Gasteiger partial charge < -0.3 is 0 Å². The van der Waals surface area contributed by atoms with E-state index >= 15 is 0 Å². The number of ketones is 1. The third kappa shape index (κ3) is 4.39. The number of hydrogen-bond donors (Lipinski definition) is 0. The van der Waals surface area contributed by atoms with E-state index in [4.69, 9.17) is 11.6 Å². The second-order valence-electron chi connectivity index (χ2n) is 4.76. The number of halogens is 1. The molecule has 0 spiro atoms. The zero-order chi connectivity index (χ0) is 15.2. The number of benzene rings is 2. The van der Waals surface area contributed by atoms with Crippen molar-refractivity contribution in [3.8, 4) is 0 Å². The third-order valence-corrected chi connectivity index (χ3v) is 3.49. The normalized spacial score (nSPS) is 11.9. The van der Waals surface area contributed by atoms with E-state index < -0.39 is 10.8 Å². The minimum Gasteiger partial charge on any atom is -0.294 e. The molecule has 0 aliphatic carbocycles. The van der Waals surface area contributed by atoms with E-state index in [-0.39, 0.29) is 18.7 Å². The monoisotopic (exact) mass is 303 g/mol. The van der Waals surface area contributed by atoms with E-state index in [2.05, 4.69) is 0 Å². The second-order valence-corrected chi connectivity index (χ2v) is 5.19. The summed E-state index contributed by atoms with van der Waals surface area (Å²) in [5.41, 5.74) is 1.32. The number of nitrogens with zero attached hydrogens (tertiary/aromatic N) is 1. The molecule has 21 heavy (non-hydrogen) atoms. The minimum atomic E-state index is -0.454. The second kappa shape index (κ2) is 6.99. The molecule has 0 aromatic heterocycles. The van der Waals surface area contributed by atoms with Crippen LogP contribution in [0.2, 0.25) is 5.02 Å². The van der Waals surface area contributed by atoms with Crippen LogP contribution in [0.25, 0.3) is 0 Å². The molecule has 0 heterocycles. The highest BCUT2D eigenvalue weighted by atomic mass is 35.5. The number of nitro groups is 1. The molecule has 0 saturated carbocycles. The Hall–Kier alpha value is -2.20. The van der Waals surface area contributed by atoms with Gasteiger partial charge in [-0.3, -0.25) is 14.9 Å². The van der Waals surface area contributed by atoms with Crippen LogP contribution in [-0.4, -0.2) is 17.3 Å². The molecule has 2 aromatic carbocycles. The number of Topliss-reactive ketones (excluding diaryl/α,β-unsaturated/α-hetero) is 1. The van der Waals surface area contributed by atoms with Crippen molar-refractivity contribution in [2.45, 2.75) is 12.3 Å². The lowest BCUT2D eigenvalue weighted by Crippen LogP contribution is -2.16. The summed E-state index contributed by atoms with van der Waals surface area (Å²) in [5.74, 6) is -0.553. The summed E-state index contributed by atoms with van der Waals surface area (Å²) in [6.07, 6.45) is 0.104. The molecule has 0 N–H and O–H groups in total. The smallest absolute Gasteiger partial charge is 0.211 e. The van der Waals surface area contributed by atoms with Crippen LogP contribution in [-0.2, 0) is 0 Å². The fourth-order valence-electron chi connectivity index (χ4n) is 2.17. The van der Waals surface area contributed by atoms with Crippen LogP contribution in [0, 0.1) is 10.1 Å². The number of carbonyl (C=O) groups excluding carboxylic acids is 1. The Balaban J connectivity index is 2.18. The molecule has 2 rings (SSSR count). The van der Waals surface area contributed by atoms with Crippen molar-refractivity contribution >= 4 is 17.4 Å². The number of rotatable bonds is 6. The van der Waals surface area contributed by atoms with Gasteiger partial charge in [0.05, 0.1) is 5.92 Å². The van der Waals surface area contributed by atoms with E-state index in [0.717, 1.165) is 5.56 Å². The van der Waals surface area contributed by atoms with Gasteiger partial charge >= 0.3 is 0 Å². The molecule has 0 radical (unpaired) electrons. The highest BCUT2D eigenvalue weighted by Gasteiger charge is 2.22. The standard InChI is InChI=1S/C16H14ClNO3/c17-15-8-6-12(7-9-15)14(11-18(20)21)10-16(19)13-4-2-1-3-5-13/h1-9,14H,10-11H2/t14-/m1/s1. The highest BCUT2D eigenvalue weighted by Crippen LogP contribution is 2.24. The summed E-state index contributed by atoms with van der Waals surface area (Å²) < 4.78 is 0. The topological polar surface area (TPSA) is 60.2 Å². The molecule has 0 unspecified atom stereocenters. The minimum absolute atomic E-state index is 0.0996. The Morgan fingerprint density at radius 2 is 1.71 bits per heavy atom. The lowest BCUT2D eigenvalue weighted by molar-refractivity contribution is -0.483. The predicted molar refractivity (Wildman–Crippen MR) is 81.4 cm³/mol. The molecule has 5 heteroatoms. The Morgan fingerprint density at radius 3 is 2.29 bits per heavy atom. The van der Waals surface area contributed by atoms with Gasteiger partial charge in [-0.1, -0.05) is 54.1 Å². The maximum Gasteiger partial charge on any atom is 0.211 e. The van der Waals surface area contributed by atoms with Gasteiger partial charge in [0.25, 0.3) is 0 Å². The summed E-state index contributed by atoms with van der Waals surface area (Å²) in [4.78, 5) is 22.7. The molecular weight excluding hydrogens is 290 g/mol. The van der Waals surface area contributed by atoms with Gasteiger partial charge in [-0.05, 0) is 17.7 Å². The Morgan fingerprint density at radius 1 is 1.10 bits per heavy atom. The van der Waals surface area contributed by atoms with Crippen LogP contribution in [0.4, 0.5) is 0 Å². The van der Waals surface area contributed by atoms with Crippen molar-refractivity contribution in [3.05, 3.63) is 80.9 Å². The van der Waals surface area contributed by atoms with Crippen molar-refractivity contribution in [3.63, 3.8) is 0 Å². The largest absolute Gasteiger partial charge is 0.294 e. The number of carbonyl (C=O) groups is 1. The Labute approximate surface area is 127 Å². The van der Waals surface area contributed by atoms with Crippen LogP contribution in [0.1, 0.15) is 28.3 Å². The van der Waals surface area contributed by atoms with E-state index in [9.17, 15) is 14.9 Å². The SMILES string of the molecule is O=C(C[C@H](C[N+](=O)[O-])c1ccc(Cl)cc1)c1ccccc1. The van der Waals surface area contributed by atoms with Gasteiger partial charge in [0.15, 0.2) is 5.78 Å². The van der Waals surface area contributed by atoms with Gasteiger partial charge in [-0.25, -0.2) is 0 Å². The van der Waals surface area contributed by atoms with E-state index in [1.165, 1.54) is 0 Å².